The number of hydrogen-bond donors (Lipinski definition) is 2. The van der Waals surface area contributed by atoms with E-state index in [1.54, 1.807) is 13.0 Å². The van der Waals surface area contributed by atoms with Gasteiger partial charge in [0.25, 0.3) is 0 Å². The van der Waals surface area contributed by atoms with Crippen molar-refractivity contribution in [2.45, 2.75) is 44.5 Å². The zero-order valence-corrected chi connectivity index (χ0v) is 8.22. The van der Waals surface area contributed by atoms with Crippen LogP contribution >= 0.6 is 0 Å². The topological polar surface area (TPSA) is 66.8 Å². The number of carbonyl (C=O) groups is 1. The van der Waals surface area contributed by atoms with Gasteiger partial charge in [-0.05, 0) is 13.3 Å². The van der Waals surface area contributed by atoms with Gasteiger partial charge in [0.2, 0.25) is 0 Å². The van der Waals surface area contributed by atoms with Gasteiger partial charge in [0.1, 0.15) is 6.10 Å². The second-order valence-corrected chi connectivity index (χ2v) is 3.59. The van der Waals surface area contributed by atoms with Gasteiger partial charge in [-0.1, -0.05) is 12.2 Å². The monoisotopic (exact) mass is 200 g/mol. The standard InChI is InChI=1S/C10H16O4/c1-7-6-9(12)3-2-8(11)4-5-10(13)14-7/h2-3,7-9,11-12H,4-6H2,1H3/b3-2+/t7-,8-,9-/m1/s1. The van der Waals surface area contributed by atoms with E-state index in [1.807, 2.05) is 0 Å². The number of carbonyl (C=O) groups excluding carboxylic acids is 1. The molecule has 0 saturated heterocycles. The fourth-order valence-corrected chi connectivity index (χ4v) is 1.37. The summed E-state index contributed by atoms with van der Waals surface area (Å²) in [4.78, 5) is 11.1. The normalized spacial score (nSPS) is 37.4. The fourth-order valence-electron chi connectivity index (χ4n) is 1.37. The molecule has 0 bridgehead atoms. The molecular weight excluding hydrogens is 184 g/mol. The zero-order chi connectivity index (χ0) is 10.6. The minimum absolute atomic E-state index is 0.214. The number of hydrogen-bond acceptors (Lipinski definition) is 4. The Kier molecular flexibility index (Phi) is 4.10. The Morgan fingerprint density at radius 1 is 1.36 bits per heavy atom. The molecule has 14 heavy (non-hydrogen) atoms. The Morgan fingerprint density at radius 3 is 2.71 bits per heavy atom. The summed E-state index contributed by atoms with van der Waals surface area (Å²) in [5.41, 5.74) is 0. The third-order valence-corrected chi connectivity index (χ3v) is 2.11. The lowest BCUT2D eigenvalue weighted by Crippen LogP contribution is -2.22. The summed E-state index contributed by atoms with van der Waals surface area (Å²) in [7, 11) is 0. The van der Waals surface area contributed by atoms with E-state index < -0.39 is 12.2 Å². The number of ether oxygens (including phenoxy) is 1. The Hall–Kier alpha value is -0.870. The first-order valence-electron chi connectivity index (χ1n) is 4.82. The van der Waals surface area contributed by atoms with Crippen LogP contribution in [0.2, 0.25) is 0 Å². The molecule has 0 saturated carbocycles. The summed E-state index contributed by atoms with van der Waals surface area (Å²) in [6, 6.07) is 0. The van der Waals surface area contributed by atoms with Crippen LogP contribution in [0.4, 0.5) is 0 Å². The molecule has 3 atom stereocenters. The van der Waals surface area contributed by atoms with Crippen molar-refractivity contribution in [2.24, 2.45) is 0 Å². The Bertz CT molecular complexity index is 224. The molecule has 0 aliphatic carbocycles. The highest BCUT2D eigenvalue weighted by molar-refractivity contribution is 5.69. The van der Waals surface area contributed by atoms with Crippen molar-refractivity contribution in [2.75, 3.05) is 0 Å². The first-order valence-corrected chi connectivity index (χ1v) is 4.82. The smallest absolute Gasteiger partial charge is 0.306 e. The van der Waals surface area contributed by atoms with Crippen LogP contribution in [0.25, 0.3) is 0 Å². The van der Waals surface area contributed by atoms with Gasteiger partial charge >= 0.3 is 5.97 Å². The maximum absolute atomic E-state index is 11.1. The van der Waals surface area contributed by atoms with Crippen molar-refractivity contribution < 1.29 is 19.7 Å². The Labute approximate surface area is 83.2 Å². The number of esters is 1. The quantitative estimate of drug-likeness (QED) is 0.438. The molecule has 0 fully saturated rings. The van der Waals surface area contributed by atoms with Crippen LogP contribution < -0.4 is 0 Å². The summed E-state index contributed by atoms with van der Waals surface area (Å²) < 4.78 is 5.00. The average molecular weight is 200 g/mol. The summed E-state index contributed by atoms with van der Waals surface area (Å²) in [5.74, 6) is -0.320. The largest absolute Gasteiger partial charge is 0.463 e. The third kappa shape index (κ3) is 3.89. The molecule has 0 radical (unpaired) electrons. The first kappa shape index (κ1) is 11.2. The average Bonchev–Trinajstić information content (AvgIpc) is 2.10. The van der Waals surface area contributed by atoms with E-state index in [-0.39, 0.29) is 18.5 Å². The minimum Gasteiger partial charge on any atom is -0.463 e. The zero-order valence-electron chi connectivity index (χ0n) is 8.22. The highest BCUT2D eigenvalue weighted by Crippen LogP contribution is 2.10. The molecule has 4 heteroatoms. The molecule has 0 aromatic carbocycles. The minimum atomic E-state index is -0.675. The lowest BCUT2D eigenvalue weighted by molar-refractivity contribution is -0.149. The SMILES string of the molecule is C[C@@H]1C[C@H](O)/C=C/[C@@H](O)CCC(=O)O1. The maximum atomic E-state index is 11.1. The van der Waals surface area contributed by atoms with Gasteiger partial charge in [-0.3, -0.25) is 4.79 Å². The maximum Gasteiger partial charge on any atom is 0.306 e. The summed E-state index contributed by atoms with van der Waals surface area (Å²) in [6.45, 7) is 1.74. The molecule has 0 aromatic heterocycles. The molecule has 1 heterocycles. The van der Waals surface area contributed by atoms with Gasteiger partial charge in [-0.25, -0.2) is 0 Å². The van der Waals surface area contributed by atoms with Crippen molar-refractivity contribution in [1.29, 1.82) is 0 Å². The van der Waals surface area contributed by atoms with Crippen LogP contribution in [0.3, 0.4) is 0 Å². The molecule has 0 amide bonds. The van der Waals surface area contributed by atoms with Gasteiger partial charge in [0.05, 0.1) is 12.2 Å². The van der Waals surface area contributed by atoms with E-state index in [9.17, 15) is 15.0 Å². The van der Waals surface area contributed by atoms with Crippen molar-refractivity contribution in [3.05, 3.63) is 12.2 Å². The van der Waals surface area contributed by atoms with Crippen molar-refractivity contribution in [3.8, 4) is 0 Å². The first-order chi connectivity index (χ1) is 6.58. The van der Waals surface area contributed by atoms with Crippen LogP contribution in [0, 0.1) is 0 Å². The summed E-state index contributed by atoms with van der Waals surface area (Å²) >= 11 is 0. The molecule has 4 nitrogen and oxygen atoms in total. The lowest BCUT2D eigenvalue weighted by atomic mass is 10.1. The van der Waals surface area contributed by atoms with E-state index in [2.05, 4.69) is 0 Å². The highest BCUT2D eigenvalue weighted by atomic mass is 16.5. The van der Waals surface area contributed by atoms with Gasteiger partial charge in [0.15, 0.2) is 0 Å². The van der Waals surface area contributed by atoms with Crippen molar-refractivity contribution >= 4 is 5.97 Å². The van der Waals surface area contributed by atoms with Gasteiger partial charge in [-0.15, -0.1) is 0 Å². The number of rotatable bonds is 0. The molecular formula is C10H16O4. The molecule has 1 rings (SSSR count). The van der Waals surface area contributed by atoms with Gasteiger partial charge < -0.3 is 14.9 Å². The predicted molar refractivity (Wildman–Crippen MR) is 50.6 cm³/mol. The third-order valence-electron chi connectivity index (χ3n) is 2.11. The lowest BCUT2D eigenvalue weighted by Gasteiger charge is -2.17. The van der Waals surface area contributed by atoms with Crippen molar-refractivity contribution in [1.82, 2.24) is 0 Å². The molecule has 80 valence electrons. The predicted octanol–water partition coefficient (Wildman–Crippen LogP) is 0.380. The van der Waals surface area contributed by atoms with E-state index in [0.29, 0.717) is 12.8 Å². The second-order valence-electron chi connectivity index (χ2n) is 3.59. The second kappa shape index (κ2) is 5.12. The van der Waals surface area contributed by atoms with Crippen LogP contribution in [-0.2, 0) is 9.53 Å². The van der Waals surface area contributed by atoms with E-state index in [4.69, 9.17) is 4.74 Å². The van der Waals surface area contributed by atoms with Crippen LogP contribution in [0.5, 0.6) is 0 Å². The fraction of sp³-hybridized carbons (Fsp3) is 0.700. The van der Waals surface area contributed by atoms with Crippen LogP contribution in [0.15, 0.2) is 12.2 Å². The summed E-state index contributed by atoms with van der Waals surface area (Å²) in [6.07, 6.45) is 2.37. The van der Waals surface area contributed by atoms with Crippen molar-refractivity contribution in [3.63, 3.8) is 0 Å². The van der Waals surface area contributed by atoms with E-state index in [1.165, 1.54) is 6.08 Å². The molecule has 0 spiro atoms. The Morgan fingerprint density at radius 2 is 2.00 bits per heavy atom. The molecule has 1 aliphatic heterocycles. The molecule has 0 unspecified atom stereocenters. The van der Waals surface area contributed by atoms with Crippen LogP contribution in [-0.4, -0.2) is 34.5 Å². The molecule has 2 N–H and O–H groups in total. The van der Waals surface area contributed by atoms with Crippen LogP contribution in [0.1, 0.15) is 26.2 Å². The van der Waals surface area contributed by atoms with E-state index >= 15 is 0 Å². The van der Waals surface area contributed by atoms with Gasteiger partial charge in [0, 0.05) is 12.8 Å². The van der Waals surface area contributed by atoms with Gasteiger partial charge in [-0.2, -0.15) is 0 Å². The number of aliphatic hydroxyl groups is 2. The summed E-state index contributed by atoms with van der Waals surface area (Å²) in [5, 5.41) is 18.7. The van der Waals surface area contributed by atoms with E-state index in [0.717, 1.165) is 0 Å². The number of cyclic esters (lactones) is 1. The molecule has 1 aliphatic rings. The highest BCUT2D eigenvalue weighted by Gasteiger charge is 2.16. The number of aliphatic hydroxyl groups excluding tert-OH is 2. The Balaban J connectivity index is 2.60. The molecule has 0 aromatic rings.